The first-order chi connectivity index (χ1) is 3.68. The van der Waals surface area contributed by atoms with E-state index in [0.29, 0.717) is 0 Å². The summed E-state index contributed by atoms with van der Waals surface area (Å²) in [6.45, 7) is 11.5. The highest BCUT2D eigenvalue weighted by Crippen LogP contribution is 2.05. The first kappa shape index (κ1) is 7.48. The average molecular weight is 109 g/mol. The molecule has 0 bridgehead atoms. The molecule has 0 aromatic rings. The Morgan fingerprint density at radius 3 is 2.12 bits per heavy atom. The van der Waals surface area contributed by atoms with E-state index in [4.69, 9.17) is 0 Å². The summed E-state index contributed by atoms with van der Waals surface area (Å²) in [6.07, 6.45) is 2.86. The third kappa shape index (κ3) is 2.62. The molecule has 0 atom stereocenters. The molecule has 0 aromatic heterocycles. The van der Waals surface area contributed by atoms with Gasteiger partial charge in [-0.1, -0.05) is 17.2 Å². The normalized spacial score (nSPS) is 12.9. The van der Waals surface area contributed by atoms with Crippen LogP contribution in [0.2, 0.25) is 0 Å². The quantitative estimate of drug-likeness (QED) is 0.478. The van der Waals surface area contributed by atoms with E-state index in [1.54, 1.807) is 0 Å². The average Bonchev–Trinajstić information content (AvgIpc) is 1.67. The Hall–Kier alpha value is -0.520. The summed E-state index contributed by atoms with van der Waals surface area (Å²) in [5.74, 6) is 0. The molecule has 0 aliphatic heterocycles. The second-order valence-corrected chi connectivity index (χ2v) is 2.05. The molecule has 0 rings (SSSR count). The monoisotopic (exact) mass is 109 g/mol. The van der Waals surface area contributed by atoms with E-state index in [1.165, 1.54) is 5.57 Å². The SMILES string of the molecule is [CH2]C(C)=C(C)CC=C. The van der Waals surface area contributed by atoms with Crippen molar-refractivity contribution in [3.8, 4) is 0 Å². The van der Waals surface area contributed by atoms with Crippen LogP contribution < -0.4 is 0 Å². The van der Waals surface area contributed by atoms with E-state index in [9.17, 15) is 0 Å². The van der Waals surface area contributed by atoms with Crippen LogP contribution in [0.4, 0.5) is 0 Å². The van der Waals surface area contributed by atoms with Gasteiger partial charge in [0, 0.05) is 0 Å². The van der Waals surface area contributed by atoms with Gasteiger partial charge in [0.05, 0.1) is 0 Å². The molecule has 0 aliphatic rings. The fraction of sp³-hybridized carbons (Fsp3) is 0.375. The topological polar surface area (TPSA) is 0 Å². The molecule has 1 radical (unpaired) electrons. The molecular formula is C8H13. The van der Waals surface area contributed by atoms with Gasteiger partial charge in [0.2, 0.25) is 0 Å². The summed E-state index contributed by atoms with van der Waals surface area (Å²) in [4.78, 5) is 0. The van der Waals surface area contributed by atoms with Crippen molar-refractivity contribution in [3.63, 3.8) is 0 Å². The van der Waals surface area contributed by atoms with E-state index in [-0.39, 0.29) is 0 Å². The van der Waals surface area contributed by atoms with Gasteiger partial charge in [0.15, 0.2) is 0 Å². The smallest absolute Gasteiger partial charge is 0.0142 e. The van der Waals surface area contributed by atoms with Gasteiger partial charge in [0.25, 0.3) is 0 Å². The van der Waals surface area contributed by atoms with Crippen molar-refractivity contribution >= 4 is 0 Å². The fourth-order valence-electron chi connectivity index (χ4n) is 0.391. The van der Waals surface area contributed by atoms with Crippen LogP contribution in [0.5, 0.6) is 0 Å². The summed E-state index contributed by atoms with van der Waals surface area (Å²) in [5.41, 5.74) is 2.48. The summed E-state index contributed by atoms with van der Waals surface area (Å²) < 4.78 is 0. The lowest BCUT2D eigenvalue weighted by Crippen LogP contribution is -1.75. The molecule has 8 heavy (non-hydrogen) atoms. The maximum Gasteiger partial charge on any atom is -0.0142 e. The third-order valence-corrected chi connectivity index (χ3v) is 1.18. The Morgan fingerprint density at radius 2 is 2.00 bits per heavy atom. The van der Waals surface area contributed by atoms with Crippen molar-refractivity contribution in [2.24, 2.45) is 0 Å². The third-order valence-electron chi connectivity index (χ3n) is 1.18. The Labute approximate surface area is 51.9 Å². The first-order valence-corrected chi connectivity index (χ1v) is 2.77. The molecule has 0 saturated heterocycles. The van der Waals surface area contributed by atoms with Crippen molar-refractivity contribution in [3.05, 3.63) is 30.7 Å². The van der Waals surface area contributed by atoms with E-state index in [2.05, 4.69) is 20.4 Å². The lowest BCUT2D eigenvalue weighted by atomic mass is 10.1. The van der Waals surface area contributed by atoms with Crippen LogP contribution in [-0.2, 0) is 0 Å². The second-order valence-electron chi connectivity index (χ2n) is 2.05. The first-order valence-electron chi connectivity index (χ1n) is 2.77. The highest BCUT2D eigenvalue weighted by atomic mass is 13.9. The Kier molecular flexibility index (Phi) is 3.25. The molecule has 0 aromatic carbocycles. The van der Waals surface area contributed by atoms with E-state index < -0.39 is 0 Å². The summed E-state index contributed by atoms with van der Waals surface area (Å²) in [6, 6.07) is 0. The number of rotatable bonds is 2. The summed E-state index contributed by atoms with van der Waals surface area (Å²) >= 11 is 0. The van der Waals surface area contributed by atoms with Crippen LogP contribution in [0.1, 0.15) is 20.3 Å². The van der Waals surface area contributed by atoms with E-state index in [1.807, 2.05) is 13.0 Å². The lowest BCUT2D eigenvalue weighted by molar-refractivity contribution is 1.17. The van der Waals surface area contributed by atoms with Crippen LogP contribution in [0, 0.1) is 6.92 Å². The molecular weight excluding hydrogens is 96.1 g/mol. The zero-order valence-corrected chi connectivity index (χ0v) is 5.70. The second kappa shape index (κ2) is 3.48. The summed E-state index contributed by atoms with van der Waals surface area (Å²) in [7, 11) is 0. The van der Waals surface area contributed by atoms with Gasteiger partial charge in [-0.2, -0.15) is 0 Å². The van der Waals surface area contributed by atoms with Crippen molar-refractivity contribution in [2.45, 2.75) is 20.3 Å². The van der Waals surface area contributed by atoms with Crippen LogP contribution in [0.15, 0.2) is 23.8 Å². The van der Waals surface area contributed by atoms with Gasteiger partial charge in [-0.25, -0.2) is 0 Å². The Balaban J connectivity index is 3.79. The molecule has 0 spiro atoms. The number of hydrogen-bond donors (Lipinski definition) is 0. The predicted octanol–water partition coefficient (Wildman–Crippen LogP) is 2.73. The van der Waals surface area contributed by atoms with Gasteiger partial charge >= 0.3 is 0 Å². The van der Waals surface area contributed by atoms with E-state index >= 15 is 0 Å². The zero-order valence-electron chi connectivity index (χ0n) is 5.70. The van der Waals surface area contributed by atoms with Crippen molar-refractivity contribution in [2.75, 3.05) is 0 Å². The van der Waals surface area contributed by atoms with Gasteiger partial charge < -0.3 is 0 Å². The van der Waals surface area contributed by atoms with Gasteiger partial charge in [-0.3, -0.25) is 0 Å². The molecule has 0 amide bonds. The number of hydrogen-bond acceptors (Lipinski definition) is 0. The van der Waals surface area contributed by atoms with E-state index in [0.717, 1.165) is 12.0 Å². The minimum absolute atomic E-state index is 0.968. The number of allylic oxidation sites excluding steroid dienone is 3. The van der Waals surface area contributed by atoms with Gasteiger partial charge in [0.1, 0.15) is 0 Å². The van der Waals surface area contributed by atoms with Crippen molar-refractivity contribution in [1.29, 1.82) is 0 Å². The molecule has 0 aliphatic carbocycles. The lowest BCUT2D eigenvalue weighted by Gasteiger charge is -1.95. The Bertz CT molecular complexity index is 103. The van der Waals surface area contributed by atoms with Crippen molar-refractivity contribution < 1.29 is 0 Å². The molecule has 0 unspecified atom stereocenters. The van der Waals surface area contributed by atoms with Crippen LogP contribution >= 0.6 is 0 Å². The van der Waals surface area contributed by atoms with Gasteiger partial charge in [-0.05, 0) is 27.2 Å². The largest absolute Gasteiger partial charge is 0.103 e. The molecule has 0 fully saturated rings. The van der Waals surface area contributed by atoms with Crippen LogP contribution in [0.25, 0.3) is 0 Å². The minimum atomic E-state index is 0.968. The van der Waals surface area contributed by atoms with Crippen LogP contribution in [0.3, 0.4) is 0 Å². The highest BCUT2D eigenvalue weighted by molar-refractivity contribution is 5.14. The minimum Gasteiger partial charge on any atom is -0.103 e. The van der Waals surface area contributed by atoms with Crippen LogP contribution in [-0.4, -0.2) is 0 Å². The summed E-state index contributed by atoms with van der Waals surface area (Å²) in [5, 5.41) is 0. The zero-order chi connectivity index (χ0) is 6.57. The molecule has 0 heterocycles. The maximum atomic E-state index is 3.79. The molecule has 0 heteroatoms. The molecule has 0 nitrogen and oxygen atoms in total. The standard InChI is InChI=1S/C8H13/c1-5-6-8(4)7(2)3/h5H,1-2,6H2,3-4H3. The maximum absolute atomic E-state index is 3.79. The Morgan fingerprint density at radius 1 is 1.50 bits per heavy atom. The predicted molar refractivity (Wildman–Crippen MR) is 38.5 cm³/mol. The van der Waals surface area contributed by atoms with Crippen molar-refractivity contribution in [1.82, 2.24) is 0 Å². The van der Waals surface area contributed by atoms with Gasteiger partial charge in [-0.15, -0.1) is 6.58 Å². The molecule has 0 saturated carbocycles. The molecule has 0 N–H and O–H groups in total. The molecule has 45 valence electrons. The fourth-order valence-corrected chi connectivity index (χ4v) is 0.391. The highest BCUT2D eigenvalue weighted by Gasteiger charge is 1.85.